The van der Waals surface area contributed by atoms with Crippen LogP contribution in [0.15, 0.2) is 0 Å². The number of nitrogens with zero attached hydrogens (tertiary/aromatic N) is 2. The maximum atomic E-state index is 12.5. The molecule has 0 unspecified atom stereocenters. The Morgan fingerprint density at radius 3 is 2.26 bits per heavy atom. The van der Waals surface area contributed by atoms with Gasteiger partial charge in [0.15, 0.2) is 9.84 Å². The summed E-state index contributed by atoms with van der Waals surface area (Å²) in [6, 6.07) is -0.410. The van der Waals surface area contributed by atoms with E-state index in [1.807, 2.05) is 11.8 Å². The summed E-state index contributed by atoms with van der Waals surface area (Å²) in [6.45, 7) is 5.51. The van der Waals surface area contributed by atoms with Crippen LogP contribution in [0.25, 0.3) is 0 Å². The number of amides is 1. The lowest BCUT2D eigenvalue weighted by molar-refractivity contribution is -0.132. The molecular formula is C16H29N3O3S. The quantitative estimate of drug-likeness (QED) is 0.792. The van der Waals surface area contributed by atoms with Crippen LogP contribution in [0.2, 0.25) is 0 Å². The first-order valence-electron chi connectivity index (χ1n) is 8.95. The molecule has 0 saturated carbocycles. The number of carbonyl (C=O) groups excluding carboxylic acids is 1. The molecule has 0 aromatic carbocycles. The van der Waals surface area contributed by atoms with Gasteiger partial charge in [0, 0.05) is 25.2 Å². The number of piperidine rings is 1. The summed E-state index contributed by atoms with van der Waals surface area (Å²) in [4.78, 5) is 16.7. The Morgan fingerprint density at radius 2 is 1.61 bits per heavy atom. The minimum atomic E-state index is -3.01. The Labute approximate surface area is 139 Å². The van der Waals surface area contributed by atoms with E-state index in [0.717, 1.165) is 51.9 Å². The highest BCUT2D eigenvalue weighted by molar-refractivity contribution is 7.91. The molecule has 3 aliphatic rings. The van der Waals surface area contributed by atoms with Crippen LogP contribution in [0.4, 0.5) is 0 Å². The van der Waals surface area contributed by atoms with Gasteiger partial charge in [-0.15, -0.1) is 0 Å². The number of carbonyl (C=O) groups is 1. The maximum Gasteiger partial charge on any atom is 0.239 e. The molecule has 0 aromatic heterocycles. The van der Waals surface area contributed by atoms with Crippen molar-refractivity contribution in [2.24, 2.45) is 0 Å². The molecular weight excluding hydrogens is 314 g/mol. The number of likely N-dealkylation sites (tertiary alicyclic amines) is 2. The van der Waals surface area contributed by atoms with E-state index in [4.69, 9.17) is 0 Å². The van der Waals surface area contributed by atoms with Crippen molar-refractivity contribution in [3.8, 4) is 0 Å². The Morgan fingerprint density at radius 1 is 1.00 bits per heavy atom. The average molecular weight is 343 g/mol. The molecule has 3 rings (SSSR count). The monoisotopic (exact) mass is 343 g/mol. The zero-order valence-electron chi connectivity index (χ0n) is 14.0. The second kappa shape index (κ2) is 7.07. The van der Waals surface area contributed by atoms with E-state index in [0.29, 0.717) is 0 Å². The Bertz CT molecular complexity index is 525. The van der Waals surface area contributed by atoms with Gasteiger partial charge < -0.3 is 10.2 Å². The lowest BCUT2D eigenvalue weighted by atomic mass is 10.0. The van der Waals surface area contributed by atoms with Crippen molar-refractivity contribution in [1.82, 2.24) is 15.1 Å². The second-order valence-electron chi connectivity index (χ2n) is 7.27. The van der Waals surface area contributed by atoms with Crippen molar-refractivity contribution < 1.29 is 13.2 Å². The first-order chi connectivity index (χ1) is 11.0. The van der Waals surface area contributed by atoms with Gasteiger partial charge in [-0.05, 0) is 45.7 Å². The molecule has 3 heterocycles. The largest absolute Gasteiger partial charge is 0.341 e. The summed E-state index contributed by atoms with van der Waals surface area (Å²) in [5, 5.41) is 3.35. The fourth-order valence-electron chi connectivity index (χ4n) is 4.20. The van der Waals surface area contributed by atoms with Gasteiger partial charge in [0.2, 0.25) is 5.91 Å². The lowest BCUT2D eigenvalue weighted by Crippen LogP contribution is -2.56. The van der Waals surface area contributed by atoms with Crippen LogP contribution in [-0.4, -0.2) is 79.9 Å². The summed E-state index contributed by atoms with van der Waals surface area (Å²) in [5.74, 6) is 0.505. The normalized spacial score (nSPS) is 33.0. The second-order valence-corrected chi connectivity index (χ2v) is 9.42. The summed E-state index contributed by atoms with van der Waals surface area (Å²) in [7, 11) is -3.01. The minimum absolute atomic E-state index is 0.0223. The molecule has 3 fully saturated rings. The van der Waals surface area contributed by atoms with E-state index in [1.165, 1.54) is 6.42 Å². The van der Waals surface area contributed by atoms with Gasteiger partial charge in [-0.3, -0.25) is 9.69 Å². The smallest absolute Gasteiger partial charge is 0.239 e. The van der Waals surface area contributed by atoms with Gasteiger partial charge in [-0.2, -0.15) is 0 Å². The van der Waals surface area contributed by atoms with Crippen LogP contribution in [-0.2, 0) is 14.6 Å². The molecule has 7 heteroatoms. The van der Waals surface area contributed by atoms with Crippen molar-refractivity contribution in [2.75, 3.05) is 37.7 Å². The van der Waals surface area contributed by atoms with Gasteiger partial charge in [0.25, 0.3) is 0 Å². The predicted molar refractivity (Wildman–Crippen MR) is 90.1 cm³/mol. The molecule has 0 spiro atoms. The van der Waals surface area contributed by atoms with E-state index < -0.39 is 9.84 Å². The molecule has 1 N–H and O–H groups in total. The first kappa shape index (κ1) is 17.2. The van der Waals surface area contributed by atoms with Gasteiger partial charge in [0.1, 0.15) is 0 Å². The average Bonchev–Trinajstić information content (AvgIpc) is 3.15. The SMILES string of the molecule is C[C@H](N[C@@H]1CS(=O)(=O)C[C@@H]1N1CCCCC1)C(=O)N1CCCC1. The third-order valence-electron chi connectivity index (χ3n) is 5.43. The summed E-state index contributed by atoms with van der Waals surface area (Å²) >= 11 is 0. The highest BCUT2D eigenvalue weighted by Gasteiger charge is 2.42. The summed E-state index contributed by atoms with van der Waals surface area (Å²) < 4.78 is 24.3. The molecule has 3 aliphatic heterocycles. The number of hydrogen-bond acceptors (Lipinski definition) is 5. The van der Waals surface area contributed by atoms with Crippen LogP contribution >= 0.6 is 0 Å². The maximum absolute atomic E-state index is 12.5. The molecule has 0 aromatic rings. The molecule has 3 atom stereocenters. The van der Waals surface area contributed by atoms with Crippen LogP contribution in [0.5, 0.6) is 0 Å². The lowest BCUT2D eigenvalue weighted by Gasteiger charge is -2.36. The Kier molecular flexibility index (Phi) is 5.28. The van der Waals surface area contributed by atoms with Gasteiger partial charge >= 0.3 is 0 Å². The third kappa shape index (κ3) is 4.06. The first-order valence-corrected chi connectivity index (χ1v) is 10.8. The van der Waals surface area contributed by atoms with E-state index >= 15 is 0 Å². The highest BCUT2D eigenvalue weighted by Crippen LogP contribution is 2.23. The minimum Gasteiger partial charge on any atom is -0.341 e. The summed E-state index contributed by atoms with van der Waals surface area (Å²) in [6.07, 6.45) is 5.67. The number of nitrogens with one attached hydrogen (secondary N) is 1. The van der Waals surface area contributed by atoms with Crippen molar-refractivity contribution in [3.63, 3.8) is 0 Å². The molecule has 0 aliphatic carbocycles. The molecule has 23 heavy (non-hydrogen) atoms. The summed E-state index contributed by atoms with van der Waals surface area (Å²) in [5.41, 5.74) is 0. The molecule has 6 nitrogen and oxygen atoms in total. The topological polar surface area (TPSA) is 69.7 Å². The van der Waals surface area contributed by atoms with Crippen molar-refractivity contribution in [1.29, 1.82) is 0 Å². The zero-order valence-corrected chi connectivity index (χ0v) is 14.9. The molecule has 3 saturated heterocycles. The van der Waals surface area contributed by atoms with Crippen LogP contribution in [0, 0.1) is 0 Å². The highest BCUT2D eigenvalue weighted by atomic mass is 32.2. The van der Waals surface area contributed by atoms with Crippen molar-refractivity contribution >= 4 is 15.7 Å². The van der Waals surface area contributed by atoms with Gasteiger partial charge in [-0.25, -0.2) is 8.42 Å². The Balaban J connectivity index is 1.64. The predicted octanol–water partition coefficient (Wildman–Crippen LogP) is 0.238. The molecule has 1 amide bonds. The standard InChI is InChI=1S/C16H29N3O3S/c1-13(16(20)19-9-5-6-10-19)17-14-11-23(21,22)12-15(14)18-7-3-2-4-8-18/h13-15,17H,2-12H2,1H3/t13-,14+,15-/m0/s1. The number of hydrogen-bond donors (Lipinski definition) is 1. The fourth-order valence-corrected chi connectivity index (χ4v) is 6.17. The van der Waals surface area contributed by atoms with Crippen molar-refractivity contribution in [2.45, 2.75) is 57.2 Å². The Hall–Kier alpha value is -0.660. The van der Waals surface area contributed by atoms with Gasteiger partial charge in [-0.1, -0.05) is 6.42 Å². The molecule has 0 bridgehead atoms. The van der Waals surface area contributed by atoms with Crippen molar-refractivity contribution in [3.05, 3.63) is 0 Å². The van der Waals surface area contributed by atoms with Crippen LogP contribution in [0.3, 0.4) is 0 Å². The number of sulfone groups is 1. The molecule has 0 radical (unpaired) electrons. The van der Waals surface area contributed by atoms with Crippen LogP contribution < -0.4 is 5.32 Å². The van der Waals surface area contributed by atoms with Crippen LogP contribution in [0.1, 0.15) is 39.0 Å². The third-order valence-corrected chi connectivity index (χ3v) is 7.15. The fraction of sp³-hybridized carbons (Fsp3) is 0.938. The van der Waals surface area contributed by atoms with E-state index in [2.05, 4.69) is 10.2 Å². The van der Waals surface area contributed by atoms with E-state index in [1.54, 1.807) is 0 Å². The molecule has 132 valence electrons. The number of rotatable bonds is 4. The zero-order chi connectivity index (χ0) is 16.4. The van der Waals surface area contributed by atoms with E-state index in [9.17, 15) is 13.2 Å². The van der Waals surface area contributed by atoms with Gasteiger partial charge in [0.05, 0.1) is 17.5 Å². The van der Waals surface area contributed by atoms with E-state index in [-0.39, 0.29) is 35.5 Å².